The van der Waals surface area contributed by atoms with Crippen molar-refractivity contribution >= 4 is 17.4 Å². The molecule has 0 aliphatic carbocycles. The van der Waals surface area contributed by atoms with Gasteiger partial charge in [0.2, 0.25) is 0 Å². The lowest BCUT2D eigenvalue weighted by molar-refractivity contribution is -0.137. The lowest BCUT2D eigenvalue weighted by atomic mass is 10.1. The fraction of sp³-hybridized carbons (Fsp3) is 0.300. The SMILES string of the molecule is CN(Cc1ccc(C(F)(F)F)cc1)CN1C(=O)C(=O)c2cc3c(cc21)OCCO3. The van der Waals surface area contributed by atoms with Crippen LogP contribution < -0.4 is 14.4 Å². The van der Waals surface area contributed by atoms with E-state index in [1.807, 2.05) is 0 Å². The molecule has 0 fully saturated rings. The predicted octanol–water partition coefficient (Wildman–Crippen LogP) is 3.10. The maximum Gasteiger partial charge on any atom is 0.416 e. The topological polar surface area (TPSA) is 59.1 Å². The van der Waals surface area contributed by atoms with Crippen molar-refractivity contribution in [1.29, 1.82) is 0 Å². The minimum atomic E-state index is -4.39. The number of halogens is 3. The summed E-state index contributed by atoms with van der Waals surface area (Å²) in [5, 5.41) is 0. The second-order valence-electron chi connectivity index (χ2n) is 6.93. The number of carbonyl (C=O) groups excluding carboxylic acids is 2. The third-order valence-corrected chi connectivity index (χ3v) is 4.75. The fourth-order valence-electron chi connectivity index (χ4n) is 3.37. The van der Waals surface area contributed by atoms with Gasteiger partial charge in [0.15, 0.2) is 11.5 Å². The maximum absolute atomic E-state index is 12.7. The van der Waals surface area contributed by atoms with Crippen molar-refractivity contribution < 1.29 is 32.2 Å². The van der Waals surface area contributed by atoms with Crippen LogP contribution in [-0.4, -0.2) is 43.5 Å². The predicted molar refractivity (Wildman–Crippen MR) is 97.0 cm³/mol. The van der Waals surface area contributed by atoms with Crippen LogP contribution in [0, 0.1) is 0 Å². The minimum absolute atomic E-state index is 0.0955. The molecule has 6 nitrogen and oxygen atoms in total. The molecule has 4 rings (SSSR count). The molecular weight excluding hydrogens is 389 g/mol. The molecule has 0 aromatic heterocycles. The number of benzene rings is 2. The van der Waals surface area contributed by atoms with E-state index in [9.17, 15) is 22.8 Å². The van der Waals surface area contributed by atoms with E-state index in [0.717, 1.165) is 12.1 Å². The Morgan fingerprint density at radius 3 is 2.28 bits per heavy atom. The van der Waals surface area contributed by atoms with Gasteiger partial charge in [-0.05, 0) is 30.8 Å². The quantitative estimate of drug-likeness (QED) is 0.731. The van der Waals surface area contributed by atoms with Gasteiger partial charge in [-0.1, -0.05) is 12.1 Å². The maximum atomic E-state index is 12.7. The number of nitrogens with zero attached hydrogens (tertiary/aromatic N) is 2. The van der Waals surface area contributed by atoms with E-state index in [2.05, 4.69) is 0 Å². The summed E-state index contributed by atoms with van der Waals surface area (Å²) in [4.78, 5) is 27.9. The second-order valence-corrected chi connectivity index (χ2v) is 6.93. The molecule has 0 unspecified atom stereocenters. The number of hydrogen-bond acceptors (Lipinski definition) is 5. The molecular formula is C20H17F3N2O4. The summed E-state index contributed by atoms with van der Waals surface area (Å²) in [6.45, 7) is 1.14. The Balaban J connectivity index is 1.51. The fourth-order valence-corrected chi connectivity index (χ4v) is 3.37. The highest BCUT2D eigenvalue weighted by Crippen LogP contribution is 2.40. The van der Waals surface area contributed by atoms with Gasteiger partial charge in [-0.15, -0.1) is 0 Å². The number of fused-ring (bicyclic) bond motifs is 2. The second kappa shape index (κ2) is 7.07. The van der Waals surface area contributed by atoms with Crippen molar-refractivity contribution in [2.75, 3.05) is 31.8 Å². The van der Waals surface area contributed by atoms with Crippen LogP contribution in [0.5, 0.6) is 11.5 Å². The first-order valence-corrected chi connectivity index (χ1v) is 8.88. The van der Waals surface area contributed by atoms with E-state index in [1.54, 1.807) is 18.0 Å². The Bertz CT molecular complexity index is 973. The molecule has 0 atom stereocenters. The number of ketones is 1. The molecule has 0 spiro atoms. The molecule has 152 valence electrons. The van der Waals surface area contributed by atoms with Crippen molar-refractivity contribution in [1.82, 2.24) is 4.90 Å². The van der Waals surface area contributed by atoms with Gasteiger partial charge in [0, 0.05) is 12.6 Å². The first kappa shape index (κ1) is 19.3. The Labute approximate surface area is 164 Å². The number of anilines is 1. The lowest BCUT2D eigenvalue weighted by Gasteiger charge is -2.25. The molecule has 29 heavy (non-hydrogen) atoms. The average molecular weight is 406 g/mol. The van der Waals surface area contributed by atoms with Gasteiger partial charge in [0.1, 0.15) is 13.2 Å². The molecule has 0 radical (unpaired) electrons. The first-order valence-electron chi connectivity index (χ1n) is 8.88. The van der Waals surface area contributed by atoms with E-state index in [1.165, 1.54) is 23.1 Å². The molecule has 0 N–H and O–H groups in total. The first-order chi connectivity index (χ1) is 13.7. The smallest absolute Gasteiger partial charge is 0.416 e. The molecule has 2 aromatic carbocycles. The summed E-state index contributed by atoms with van der Waals surface area (Å²) in [6, 6.07) is 7.95. The van der Waals surface area contributed by atoms with Gasteiger partial charge in [-0.25, -0.2) is 0 Å². The van der Waals surface area contributed by atoms with Gasteiger partial charge >= 0.3 is 12.1 Å². The van der Waals surface area contributed by atoms with Crippen molar-refractivity contribution in [2.24, 2.45) is 0 Å². The molecule has 9 heteroatoms. The molecule has 2 aliphatic rings. The Kier molecular flexibility index (Phi) is 4.70. The van der Waals surface area contributed by atoms with Crippen molar-refractivity contribution in [3.63, 3.8) is 0 Å². The molecule has 2 heterocycles. The summed E-state index contributed by atoms with van der Waals surface area (Å²) >= 11 is 0. The highest BCUT2D eigenvalue weighted by atomic mass is 19.4. The molecule has 0 saturated heterocycles. The molecule has 0 saturated carbocycles. The summed E-state index contributed by atoms with van der Waals surface area (Å²) < 4.78 is 49.1. The largest absolute Gasteiger partial charge is 0.486 e. The van der Waals surface area contributed by atoms with Crippen LogP contribution in [0.2, 0.25) is 0 Å². The van der Waals surface area contributed by atoms with Crippen molar-refractivity contribution in [2.45, 2.75) is 12.7 Å². The van der Waals surface area contributed by atoms with Gasteiger partial charge in [0.25, 0.3) is 5.78 Å². The van der Waals surface area contributed by atoms with Gasteiger partial charge in [-0.3, -0.25) is 19.4 Å². The number of alkyl halides is 3. The van der Waals surface area contributed by atoms with Crippen LogP contribution in [0.25, 0.3) is 0 Å². The van der Waals surface area contributed by atoms with Gasteiger partial charge in [-0.2, -0.15) is 13.2 Å². The van der Waals surface area contributed by atoms with Crippen LogP contribution >= 0.6 is 0 Å². The number of carbonyl (C=O) groups is 2. The Morgan fingerprint density at radius 2 is 1.66 bits per heavy atom. The third kappa shape index (κ3) is 3.65. The zero-order valence-electron chi connectivity index (χ0n) is 15.5. The minimum Gasteiger partial charge on any atom is -0.486 e. The summed E-state index contributed by atoms with van der Waals surface area (Å²) in [5.41, 5.74) is 0.622. The summed E-state index contributed by atoms with van der Waals surface area (Å²) in [5.74, 6) is -0.398. The summed E-state index contributed by atoms with van der Waals surface area (Å²) in [6.07, 6.45) is -4.39. The van der Waals surface area contributed by atoms with E-state index < -0.39 is 23.4 Å². The number of ether oxygens (including phenoxy) is 2. The van der Waals surface area contributed by atoms with Gasteiger partial charge in [0.05, 0.1) is 23.5 Å². The van der Waals surface area contributed by atoms with Crippen LogP contribution in [0.4, 0.5) is 18.9 Å². The Hall–Kier alpha value is -3.07. The third-order valence-electron chi connectivity index (χ3n) is 4.75. The van der Waals surface area contributed by atoms with Gasteiger partial charge < -0.3 is 9.47 Å². The standard InChI is InChI=1S/C20H17F3N2O4/c1-24(10-12-2-4-13(5-3-12)20(21,22)23)11-25-15-9-17-16(28-6-7-29-17)8-14(15)18(26)19(25)27/h2-5,8-9H,6-7,10-11H2,1H3. The van der Waals surface area contributed by atoms with E-state index in [0.29, 0.717) is 42.5 Å². The Morgan fingerprint density at radius 1 is 1.03 bits per heavy atom. The van der Waals surface area contributed by atoms with E-state index >= 15 is 0 Å². The monoisotopic (exact) mass is 406 g/mol. The number of Topliss-reactive ketones (excluding diaryl/α,β-unsaturated/α-hetero) is 1. The normalized spacial score (nSPS) is 15.8. The van der Waals surface area contributed by atoms with Crippen LogP contribution in [0.15, 0.2) is 36.4 Å². The number of hydrogen-bond donors (Lipinski definition) is 0. The van der Waals surface area contributed by atoms with Crippen LogP contribution in [-0.2, 0) is 17.5 Å². The van der Waals surface area contributed by atoms with E-state index in [-0.39, 0.29) is 12.2 Å². The number of amides is 1. The van der Waals surface area contributed by atoms with Crippen molar-refractivity contribution in [3.8, 4) is 11.5 Å². The van der Waals surface area contributed by atoms with Crippen LogP contribution in [0.1, 0.15) is 21.5 Å². The molecule has 2 aromatic rings. The van der Waals surface area contributed by atoms with Crippen molar-refractivity contribution in [3.05, 3.63) is 53.1 Å². The lowest BCUT2D eigenvalue weighted by Crippen LogP contribution is -2.39. The highest BCUT2D eigenvalue weighted by Gasteiger charge is 2.38. The molecule has 0 bridgehead atoms. The molecule has 1 amide bonds. The van der Waals surface area contributed by atoms with Crippen LogP contribution in [0.3, 0.4) is 0 Å². The summed E-state index contributed by atoms with van der Waals surface area (Å²) in [7, 11) is 1.71. The zero-order valence-corrected chi connectivity index (χ0v) is 15.5. The zero-order chi connectivity index (χ0) is 20.8. The highest BCUT2D eigenvalue weighted by molar-refractivity contribution is 6.52. The average Bonchev–Trinajstić information content (AvgIpc) is 2.90. The molecule has 2 aliphatic heterocycles. The van der Waals surface area contributed by atoms with E-state index in [4.69, 9.17) is 9.47 Å². The number of rotatable bonds is 4.